The monoisotopic (exact) mass is 369 g/mol. The zero-order chi connectivity index (χ0) is 19.2. The van der Waals surface area contributed by atoms with E-state index in [1.165, 1.54) is 0 Å². The summed E-state index contributed by atoms with van der Waals surface area (Å²) in [5.74, 6) is 1.03. The second kappa shape index (κ2) is 8.55. The van der Waals surface area contributed by atoms with E-state index >= 15 is 0 Å². The first kappa shape index (κ1) is 18.7. The number of nitrogens with one attached hydrogen (secondary N) is 1. The number of esters is 1. The highest BCUT2D eigenvalue weighted by molar-refractivity contribution is 5.87. The van der Waals surface area contributed by atoms with Crippen LogP contribution in [0.5, 0.6) is 11.5 Å². The Morgan fingerprint density at radius 3 is 2.52 bits per heavy atom. The van der Waals surface area contributed by atoms with Gasteiger partial charge in [0.05, 0.1) is 33.3 Å². The lowest BCUT2D eigenvalue weighted by atomic mass is 10.2. The van der Waals surface area contributed by atoms with Gasteiger partial charge in [-0.05, 0) is 24.6 Å². The molecule has 27 heavy (non-hydrogen) atoms. The lowest BCUT2D eigenvalue weighted by molar-refractivity contribution is -0.144. The average molecular weight is 369 g/mol. The summed E-state index contributed by atoms with van der Waals surface area (Å²) in [5.41, 5.74) is 2.46. The molecule has 3 rings (SSSR count). The highest BCUT2D eigenvalue weighted by Gasteiger charge is 2.17. The molecular weight excluding hydrogens is 346 g/mol. The minimum atomic E-state index is -0.320. The summed E-state index contributed by atoms with van der Waals surface area (Å²) in [7, 11) is 3.21. The van der Waals surface area contributed by atoms with Gasteiger partial charge in [-0.3, -0.25) is 10.1 Å². The predicted molar refractivity (Wildman–Crippen MR) is 102 cm³/mol. The van der Waals surface area contributed by atoms with Gasteiger partial charge in [0.2, 0.25) is 0 Å². The molecule has 0 aliphatic heterocycles. The maximum Gasteiger partial charge on any atom is 0.320 e. The quantitative estimate of drug-likeness (QED) is 0.616. The number of hydrogen-bond acceptors (Lipinski definition) is 6. The van der Waals surface area contributed by atoms with Gasteiger partial charge in [-0.1, -0.05) is 30.3 Å². The normalized spacial score (nSPS) is 12.0. The van der Waals surface area contributed by atoms with E-state index in [4.69, 9.17) is 14.2 Å². The van der Waals surface area contributed by atoms with Gasteiger partial charge in [0, 0.05) is 0 Å². The molecule has 1 aromatic heterocycles. The molecule has 7 heteroatoms. The summed E-state index contributed by atoms with van der Waals surface area (Å²) >= 11 is 0. The standard InChI is InChI=1S/C20H23N3O4/c1-14(21-11-18(24)27-12-15-7-5-4-6-8-15)23-13-22-19-16(25-2)9-10-17(26-3)20(19)23/h4-10,13-14,21H,11-12H2,1-3H3. The molecule has 0 amide bonds. The first-order valence-corrected chi connectivity index (χ1v) is 8.64. The van der Waals surface area contributed by atoms with Crippen LogP contribution in [0.25, 0.3) is 11.0 Å². The number of methoxy groups -OCH3 is 2. The molecule has 1 heterocycles. The summed E-state index contributed by atoms with van der Waals surface area (Å²) in [5, 5.41) is 3.15. The van der Waals surface area contributed by atoms with Crippen LogP contribution in [0.2, 0.25) is 0 Å². The second-order valence-electron chi connectivity index (χ2n) is 6.02. The van der Waals surface area contributed by atoms with Crippen LogP contribution in [-0.4, -0.2) is 36.3 Å². The van der Waals surface area contributed by atoms with Gasteiger partial charge < -0.3 is 18.8 Å². The first-order valence-electron chi connectivity index (χ1n) is 8.64. The summed E-state index contributed by atoms with van der Waals surface area (Å²) in [6.07, 6.45) is 1.50. The Morgan fingerprint density at radius 2 is 1.81 bits per heavy atom. The number of hydrogen-bond donors (Lipinski definition) is 1. The molecule has 0 bridgehead atoms. The van der Waals surface area contributed by atoms with Gasteiger partial charge in [-0.15, -0.1) is 0 Å². The number of benzene rings is 2. The number of carbonyl (C=O) groups is 1. The molecule has 1 unspecified atom stereocenters. The van der Waals surface area contributed by atoms with E-state index < -0.39 is 0 Å². The molecule has 0 aliphatic rings. The van der Waals surface area contributed by atoms with E-state index in [9.17, 15) is 4.79 Å². The highest BCUT2D eigenvalue weighted by atomic mass is 16.5. The van der Waals surface area contributed by atoms with E-state index in [2.05, 4.69) is 10.3 Å². The molecule has 0 fully saturated rings. The number of rotatable bonds is 8. The average Bonchev–Trinajstić information content (AvgIpc) is 3.16. The zero-order valence-electron chi connectivity index (χ0n) is 15.6. The third-order valence-electron chi connectivity index (χ3n) is 4.29. The molecule has 142 valence electrons. The summed E-state index contributed by atoms with van der Waals surface area (Å²) in [6, 6.07) is 13.2. The van der Waals surface area contributed by atoms with Crippen LogP contribution in [0.3, 0.4) is 0 Å². The van der Waals surface area contributed by atoms with Crippen LogP contribution in [-0.2, 0) is 16.1 Å². The Balaban J connectivity index is 1.66. The van der Waals surface area contributed by atoms with Crippen molar-refractivity contribution in [2.45, 2.75) is 19.7 Å². The van der Waals surface area contributed by atoms with E-state index in [0.29, 0.717) is 17.0 Å². The fraction of sp³-hybridized carbons (Fsp3) is 0.300. The van der Waals surface area contributed by atoms with Crippen molar-refractivity contribution in [2.24, 2.45) is 0 Å². The molecule has 7 nitrogen and oxygen atoms in total. The number of fused-ring (bicyclic) bond motifs is 1. The molecular formula is C20H23N3O4. The maximum atomic E-state index is 12.0. The molecule has 0 spiro atoms. The molecule has 0 saturated carbocycles. The number of imidazole rings is 1. The first-order chi connectivity index (χ1) is 13.1. The van der Waals surface area contributed by atoms with Crippen LogP contribution in [0.15, 0.2) is 48.8 Å². The van der Waals surface area contributed by atoms with Crippen molar-refractivity contribution < 1.29 is 19.0 Å². The maximum absolute atomic E-state index is 12.0. The Morgan fingerprint density at radius 1 is 1.11 bits per heavy atom. The largest absolute Gasteiger partial charge is 0.494 e. The van der Waals surface area contributed by atoms with Gasteiger partial charge in [0.1, 0.15) is 29.1 Å². The van der Waals surface area contributed by atoms with E-state index in [0.717, 1.165) is 11.1 Å². The van der Waals surface area contributed by atoms with Crippen LogP contribution in [0.1, 0.15) is 18.7 Å². The molecule has 2 aromatic carbocycles. The van der Waals surface area contributed by atoms with E-state index in [-0.39, 0.29) is 25.3 Å². The van der Waals surface area contributed by atoms with Gasteiger partial charge in [0.25, 0.3) is 0 Å². The summed E-state index contributed by atoms with van der Waals surface area (Å²) < 4.78 is 18.0. The molecule has 3 aromatic rings. The fourth-order valence-electron chi connectivity index (χ4n) is 2.84. The number of carbonyl (C=O) groups excluding carboxylic acids is 1. The van der Waals surface area contributed by atoms with Crippen molar-refractivity contribution in [3.63, 3.8) is 0 Å². The molecule has 0 aliphatic carbocycles. The molecule has 1 N–H and O–H groups in total. The fourth-order valence-corrected chi connectivity index (χ4v) is 2.84. The zero-order valence-corrected chi connectivity index (χ0v) is 15.6. The predicted octanol–water partition coefficient (Wildman–Crippen LogP) is 2.91. The smallest absolute Gasteiger partial charge is 0.320 e. The minimum Gasteiger partial charge on any atom is -0.494 e. The number of aromatic nitrogens is 2. The lowest BCUT2D eigenvalue weighted by Gasteiger charge is -2.17. The van der Waals surface area contributed by atoms with Crippen molar-refractivity contribution >= 4 is 17.0 Å². The topological polar surface area (TPSA) is 74.6 Å². The number of nitrogens with zero attached hydrogens (tertiary/aromatic N) is 2. The Kier molecular flexibility index (Phi) is 5.93. The van der Waals surface area contributed by atoms with Crippen molar-refractivity contribution in [1.29, 1.82) is 0 Å². The van der Waals surface area contributed by atoms with Gasteiger partial charge in [-0.2, -0.15) is 0 Å². The summed E-state index contributed by atoms with van der Waals surface area (Å²) in [4.78, 5) is 16.4. The Bertz CT molecular complexity index is 908. The second-order valence-corrected chi connectivity index (χ2v) is 6.02. The lowest BCUT2D eigenvalue weighted by Crippen LogP contribution is -2.30. The Hall–Kier alpha value is -3.06. The van der Waals surface area contributed by atoms with Gasteiger partial charge in [0.15, 0.2) is 0 Å². The Labute approximate surface area is 157 Å². The SMILES string of the molecule is COc1ccc(OC)c2c1ncn2C(C)NCC(=O)OCc1ccccc1. The summed E-state index contributed by atoms with van der Waals surface area (Å²) in [6.45, 7) is 2.28. The third-order valence-corrected chi connectivity index (χ3v) is 4.29. The van der Waals surface area contributed by atoms with Gasteiger partial charge in [-0.25, -0.2) is 4.98 Å². The van der Waals surface area contributed by atoms with Crippen molar-refractivity contribution in [2.75, 3.05) is 20.8 Å². The molecule has 1 atom stereocenters. The van der Waals surface area contributed by atoms with Crippen LogP contribution in [0.4, 0.5) is 0 Å². The van der Waals surface area contributed by atoms with E-state index in [1.807, 2.05) is 54.0 Å². The van der Waals surface area contributed by atoms with E-state index in [1.54, 1.807) is 20.5 Å². The van der Waals surface area contributed by atoms with Crippen molar-refractivity contribution in [3.8, 4) is 11.5 Å². The van der Waals surface area contributed by atoms with Crippen LogP contribution < -0.4 is 14.8 Å². The molecule has 0 radical (unpaired) electrons. The highest BCUT2D eigenvalue weighted by Crippen LogP contribution is 2.33. The van der Waals surface area contributed by atoms with Crippen LogP contribution in [0, 0.1) is 0 Å². The van der Waals surface area contributed by atoms with Crippen molar-refractivity contribution in [3.05, 3.63) is 54.4 Å². The van der Waals surface area contributed by atoms with Gasteiger partial charge >= 0.3 is 5.97 Å². The number of ether oxygens (including phenoxy) is 3. The minimum absolute atomic E-state index is 0.0833. The van der Waals surface area contributed by atoms with Crippen LogP contribution >= 0.6 is 0 Å². The molecule has 0 saturated heterocycles. The third kappa shape index (κ3) is 4.20. The van der Waals surface area contributed by atoms with Crippen molar-refractivity contribution in [1.82, 2.24) is 14.9 Å².